The largest absolute Gasteiger partial charge is 0.314 e. The van der Waals surface area contributed by atoms with Crippen molar-refractivity contribution in [3.63, 3.8) is 0 Å². The zero-order valence-corrected chi connectivity index (χ0v) is 15.3. The molecule has 0 spiro atoms. The number of hydrogen-bond acceptors (Lipinski definition) is 1. The molecule has 1 atom stereocenters. The van der Waals surface area contributed by atoms with Gasteiger partial charge in [0.1, 0.15) is 0 Å². The molecule has 0 radical (unpaired) electrons. The highest BCUT2D eigenvalue weighted by molar-refractivity contribution is 5.41. The number of aryl methyl sites for hydroxylation is 2. The van der Waals surface area contributed by atoms with E-state index in [9.17, 15) is 0 Å². The quantitative estimate of drug-likeness (QED) is 0.717. The van der Waals surface area contributed by atoms with E-state index in [1.807, 2.05) is 0 Å². The normalized spacial score (nSPS) is 13.5. The van der Waals surface area contributed by atoms with Crippen LogP contribution in [-0.4, -0.2) is 12.6 Å². The van der Waals surface area contributed by atoms with Gasteiger partial charge in [-0.15, -0.1) is 0 Å². The van der Waals surface area contributed by atoms with E-state index in [4.69, 9.17) is 0 Å². The highest BCUT2D eigenvalue weighted by Crippen LogP contribution is 2.27. The Bertz CT molecular complexity index is 417. The first-order valence-electron chi connectivity index (χ1n) is 8.63. The maximum Gasteiger partial charge on any atom is 0.0108 e. The monoisotopic (exact) mass is 289 g/mol. The van der Waals surface area contributed by atoms with Gasteiger partial charge in [0, 0.05) is 6.04 Å². The maximum atomic E-state index is 3.67. The summed E-state index contributed by atoms with van der Waals surface area (Å²) in [5.41, 5.74) is 6.15. The summed E-state index contributed by atoms with van der Waals surface area (Å²) in [5.74, 6) is 0. The molecule has 1 nitrogen and oxygen atoms in total. The molecule has 1 aromatic carbocycles. The average Bonchev–Trinajstić information content (AvgIpc) is 2.38. The third-order valence-corrected chi connectivity index (χ3v) is 4.41. The first-order chi connectivity index (χ1) is 9.79. The first-order valence-corrected chi connectivity index (χ1v) is 8.63. The van der Waals surface area contributed by atoms with E-state index in [1.165, 1.54) is 36.0 Å². The molecule has 0 aliphatic rings. The van der Waals surface area contributed by atoms with Crippen LogP contribution in [0.3, 0.4) is 0 Å². The van der Waals surface area contributed by atoms with Crippen LogP contribution in [0.4, 0.5) is 0 Å². The maximum absolute atomic E-state index is 3.67. The minimum atomic E-state index is 0.233. The van der Waals surface area contributed by atoms with Gasteiger partial charge < -0.3 is 5.32 Å². The fourth-order valence-electron chi connectivity index (χ4n) is 3.01. The Morgan fingerprint density at radius 3 is 2.05 bits per heavy atom. The third kappa shape index (κ3) is 5.47. The molecule has 21 heavy (non-hydrogen) atoms. The van der Waals surface area contributed by atoms with Gasteiger partial charge in [-0.1, -0.05) is 59.6 Å². The Balaban J connectivity index is 2.96. The number of unbranched alkanes of at least 4 members (excludes halogenated alkanes) is 1. The number of benzene rings is 1. The molecule has 120 valence electrons. The van der Waals surface area contributed by atoms with Crippen molar-refractivity contribution in [1.29, 1.82) is 0 Å². The summed E-state index contributed by atoms with van der Waals surface area (Å²) in [6.45, 7) is 17.0. The minimum Gasteiger partial charge on any atom is -0.314 e. The lowest BCUT2D eigenvalue weighted by molar-refractivity contribution is 0.472. The third-order valence-electron chi connectivity index (χ3n) is 4.41. The number of rotatable bonds is 7. The van der Waals surface area contributed by atoms with E-state index in [2.05, 4.69) is 65.9 Å². The van der Waals surface area contributed by atoms with Crippen LogP contribution in [0.2, 0.25) is 0 Å². The van der Waals surface area contributed by atoms with E-state index < -0.39 is 0 Å². The SMILES string of the molecule is CCCCC(Cc1c(C)cc(C(C)(C)C)cc1C)NCC. The lowest BCUT2D eigenvalue weighted by atomic mass is 9.82. The standard InChI is InChI=1S/C20H35N/c1-8-10-11-18(21-9-2)14-19-15(3)12-17(13-16(19)4)20(5,6)7/h12-13,18,21H,8-11,14H2,1-7H3. The fraction of sp³-hybridized carbons (Fsp3) is 0.700. The van der Waals surface area contributed by atoms with Gasteiger partial charge in [-0.05, 0) is 60.9 Å². The van der Waals surface area contributed by atoms with Gasteiger partial charge in [0.2, 0.25) is 0 Å². The predicted molar refractivity (Wildman–Crippen MR) is 95.3 cm³/mol. The van der Waals surface area contributed by atoms with Gasteiger partial charge >= 0.3 is 0 Å². The molecule has 0 saturated carbocycles. The second kappa shape index (κ2) is 7.98. The summed E-state index contributed by atoms with van der Waals surface area (Å²) in [6.07, 6.45) is 5.04. The van der Waals surface area contributed by atoms with Gasteiger partial charge in [0.15, 0.2) is 0 Å². The Hall–Kier alpha value is -0.820. The number of nitrogens with one attached hydrogen (secondary N) is 1. The first kappa shape index (κ1) is 18.2. The van der Waals surface area contributed by atoms with Crippen molar-refractivity contribution in [1.82, 2.24) is 5.32 Å². The van der Waals surface area contributed by atoms with Crippen molar-refractivity contribution in [3.05, 3.63) is 34.4 Å². The van der Waals surface area contributed by atoms with Crippen LogP contribution in [0, 0.1) is 13.8 Å². The fourth-order valence-corrected chi connectivity index (χ4v) is 3.01. The topological polar surface area (TPSA) is 12.0 Å². The number of hydrogen-bond donors (Lipinski definition) is 1. The van der Waals surface area contributed by atoms with Gasteiger partial charge in [-0.25, -0.2) is 0 Å². The molecule has 0 saturated heterocycles. The van der Waals surface area contributed by atoms with E-state index in [-0.39, 0.29) is 5.41 Å². The van der Waals surface area contributed by atoms with E-state index >= 15 is 0 Å². The highest BCUT2D eigenvalue weighted by Gasteiger charge is 2.18. The van der Waals surface area contributed by atoms with Crippen molar-refractivity contribution >= 4 is 0 Å². The zero-order valence-electron chi connectivity index (χ0n) is 15.3. The van der Waals surface area contributed by atoms with Crippen LogP contribution < -0.4 is 5.32 Å². The second-order valence-corrected chi connectivity index (χ2v) is 7.44. The lowest BCUT2D eigenvalue weighted by Gasteiger charge is -2.24. The zero-order chi connectivity index (χ0) is 16.0. The van der Waals surface area contributed by atoms with Gasteiger partial charge in [0.25, 0.3) is 0 Å². The van der Waals surface area contributed by atoms with Crippen LogP contribution in [0.5, 0.6) is 0 Å². The Morgan fingerprint density at radius 2 is 1.62 bits per heavy atom. The molecule has 0 aromatic heterocycles. The lowest BCUT2D eigenvalue weighted by Crippen LogP contribution is -2.31. The van der Waals surface area contributed by atoms with Crippen LogP contribution in [0.1, 0.15) is 76.1 Å². The van der Waals surface area contributed by atoms with Crippen molar-refractivity contribution in [2.45, 2.75) is 85.6 Å². The Kier molecular flexibility index (Phi) is 6.93. The molecular formula is C20H35N. The molecule has 1 heteroatoms. The summed E-state index contributed by atoms with van der Waals surface area (Å²) >= 11 is 0. The van der Waals surface area contributed by atoms with Crippen LogP contribution in [0.25, 0.3) is 0 Å². The molecule has 1 rings (SSSR count). The minimum absolute atomic E-state index is 0.233. The molecule has 0 heterocycles. The van der Waals surface area contributed by atoms with Gasteiger partial charge in [-0.3, -0.25) is 0 Å². The van der Waals surface area contributed by atoms with E-state index in [1.54, 1.807) is 5.56 Å². The molecule has 0 bridgehead atoms. The van der Waals surface area contributed by atoms with Crippen LogP contribution in [0.15, 0.2) is 12.1 Å². The summed E-state index contributed by atoms with van der Waals surface area (Å²) in [7, 11) is 0. The molecule has 0 amide bonds. The van der Waals surface area contributed by atoms with Crippen molar-refractivity contribution in [2.75, 3.05) is 6.54 Å². The molecule has 0 aliphatic heterocycles. The molecule has 0 fully saturated rings. The van der Waals surface area contributed by atoms with Crippen molar-refractivity contribution in [3.8, 4) is 0 Å². The summed E-state index contributed by atoms with van der Waals surface area (Å²) in [5, 5.41) is 3.67. The number of likely N-dealkylation sites (N-methyl/N-ethyl adjacent to an activating group) is 1. The Morgan fingerprint density at radius 1 is 1.05 bits per heavy atom. The summed E-state index contributed by atoms with van der Waals surface area (Å²) in [6, 6.07) is 5.41. The van der Waals surface area contributed by atoms with Gasteiger partial charge in [-0.2, -0.15) is 0 Å². The Labute approximate surface area is 132 Å². The predicted octanol–water partition coefficient (Wildman–Crippen LogP) is 5.31. The van der Waals surface area contributed by atoms with Crippen molar-refractivity contribution in [2.24, 2.45) is 0 Å². The van der Waals surface area contributed by atoms with Gasteiger partial charge in [0.05, 0.1) is 0 Å². The van der Waals surface area contributed by atoms with E-state index in [0.717, 1.165) is 13.0 Å². The second-order valence-electron chi connectivity index (χ2n) is 7.44. The molecule has 1 aromatic rings. The van der Waals surface area contributed by atoms with Crippen molar-refractivity contribution < 1.29 is 0 Å². The molecule has 1 unspecified atom stereocenters. The summed E-state index contributed by atoms with van der Waals surface area (Å²) < 4.78 is 0. The average molecular weight is 290 g/mol. The van der Waals surface area contributed by atoms with Crippen LogP contribution >= 0.6 is 0 Å². The molecule has 0 aliphatic carbocycles. The highest BCUT2D eigenvalue weighted by atomic mass is 14.9. The van der Waals surface area contributed by atoms with Crippen LogP contribution in [-0.2, 0) is 11.8 Å². The van der Waals surface area contributed by atoms with E-state index in [0.29, 0.717) is 6.04 Å². The molecule has 1 N–H and O–H groups in total. The molecular weight excluding hydrogens is 254 g/mol. The summed E-state index contributed by atoms with van der Waals surface area (Å²) in [4.78, 5) is 0. The smallest absolute Gasteiger partial charge is 0.0108 e.